The van der Waals surface area contributed by atoms with Crippen molar-refractivity contribution >= 4 is 11.3 Å². The van der Waals surface area contributed by atoms with Crippen LogP contribution in [0.15, 0.2) is 18.2 Å². The number of thiophene rings is 1. The third-order valence-corrected chi connectivity index (χ3v) is 3.40. The molecule has 0 amide bonds. The van der Waals surface area contributed by atoms with Crippen molar-refractivity contribution in [2.75, 3.05) is 0 Å². The summed E-state index contributed by atoms with van der Waals surface area (Å²) in [6, 6.07) is 2.32. The maximum Gasteiger partial charge on any atom is 0.0427 e. The molecule has 0 saturated carbocycles. The van der Waals surface area contributed by atoms with Gasteiger partial charge in [0.05, 0.1) is 0 Å². The van der Waals surface area contributed by atoms with Crippen LogP contribution in [0.25, 0.3) is 0 Å². The Balaban J connectivity index is 2.77. The summed E-state index contributed by atoms with van der Waals surface area (Å²) in [5.41, 5.74) is 8.52. The second-order valence-electron chi connectivity index (χ2n) is 3.66. The van der Waals surface area contributed by atoms with Crippen LogP contribution in [-0.2, 0) is 0 Å². The van der Waals surface area contributed by atoms with Crippen LogP contribution in [-0.4, -0.2) is 0 Å². The second-order valence-corrected chi connectivity index (χ2v) is 4.94. The van der Waals surface area contributed by atoms with Gasteiger partial charge in [0, 0.05) is 15.8 Å². The Labute approximate surface area is 84.3 Å². The molecule has 13 heavy (non-hydrogen) atoms. The first-order chi connectivity index (χ1) is 6.00. The van der Waals surface area contributed by atoms with Crippen molar-refractivity contribution in [2.45, 2.75) is 33.2 Å². The van der Waals surface area contributed by atoms with Crippen LogP contribution < -0.4 is 5.73 Å². The first-order valence-electron chi connectivity index (χ1n) is 4.47. The highest BCUT2D eigenvalue weighted by atomic mass is 32.1. The molecule has 2 N–H and O–H groups in total. The van der Waals surface area contributed by atoms with Gasteiger partial charge in [-0.2, -0.15) is 0 Å². The lowest BCUT2D eigenvalue weighted by Gasteiger charge is -2.08. The molecule has 0 saturated heterocycles. The molecule has 1 aromatic rings. The van der Waals surface area contributed by atoms with Crippen LogP contribution >= 0.6 is 11.3 Å². The van der Waals surface area contributed by atoms with E-state index in [0.717, 1.165) is 12.0 Å². The fraction of sp³-hybridized carbons (Fsp3) is 0.455. The van der Waals surface area contributed by atoms with Crippen LogP contribution in [0.5, 0.6) is 0 Å². The molecule has 0 fully saturated rings. The maximum absolute atomic E-state index is 6.03. The zero-order chi connectivity index (χ0) is 10.0. The molecule has 0 aromatic carbocycles. The average Bonchev–Trinajstić information content (AvgIpc) is 2.31. The Hall–Kier alpha value is -0.600. The fourth-order valence-corrected chi connectivity index (χ4v) is 2.30. The molecule has 0 aliphatic rings. The monoisotopic (exact) mass is 195 g/mol. The third-order valence-electron chi connectivity index (χ3n) is 2.12. The molecule has 1 atom stereocenters. The highest BCUT2D eigenvalue weighted by molar-refractivity contribution is 7.12. The molecule has 1 heterocycles. The zero-order valence-electron chi connectivity index (χ0n) is 8.55. The molecular weight excluding hydrogens is 178 g/mol. The third kappa shape index (κ3) is 2.68. The normalized spacial score (nSPS) is 12.9. The summed E-state index contributed by atoms with van der Waals surface area (Å²) in [7, 11) is 0. The Morgan fingerprint density at radius 1 is 1.62 bits per heavy atom. The standard InChI is InChI=1S/C11H17NS/c1-7(2)5-10(12)11-6-8(3)9(4)13-11/h6,10H,1,5,12H2,2-4H3. The van der Waals surface area contributed by atoms with Gasteiger partial charge in [-0.1, -0.05) is 5.57 Å². The molecule has 0 aliphatic heterocycles. The Morgan fingerprint density at radius 2 is 2.23 bits per heavy atom. The molecule has 0 spiro atoms. The number of hydrogen-bond acceptors (Lipinski definition) is 2. The lowest BCUT2D eigenvalue weighted by molar-refractivity contribution is 0.731. The molecule has 0 bridgehead atoms. The van der Waals surface area contributed by atoms with Gasteiger partial charge in [0.2, 0.25) is 0 Å². The molecule has 72 valence electrons. The molecule has 0 radical (unpaired) electrons. The Kier molecular flexibility index (Phi) is 3.28. The van der Waals surface area contributed by atoms with Gasteiger partial charge in [-0.3, -0.25) is 0 Å². The lowest BCUT2D eigenvalue weighted by Crippen LogP contribution is -2.08. The molecule has 2 heteroatoms. The largest absolute Gasteiger partial charge is 0.323 e. The summed E-state index contributed by atoms with van der Waals surface area (Å²) in [5, 5.41) is 0. The van der Waals surface area contributed by atoms with E-state index in [1.54, 1.807) is 11.3 Å². The predicted octanol–water partition coefficient (Wildman–Crippen LogP) is 3.33. The second kappa shape index (κ2) is 4.07. The van der Waals surface area contributed by atoms with E-state index in [4.69, 9.17) is 5.73 Å². The van der Waals surface area contributed by atoms with E-state index in [0.29, 0.717) is 0 Å². The van der Waals surface area contributed by atoms with E-state index < -0.39 is 0 Å². The van der Waals surface area contributed by atoms with E-state index in [1.807, 2.05) is 6.92 Å². The summed E-state index contributed by atoms with van der Waals surface area (Å²) in [5.74, 6) is 0. The average molecular weight is 195 g/mol. The molecule has 1 aromatic heterocycles. The van der Waals surface area contributed by atoms with Crippen molar-refractivity contribution in [1.82, 2.24) is 0 Å². The van der Waals surface area contributed by atoms with Crippen LogP contribution in [0.3, 0.4) is 0 Å². The highest BCUT2D eigenvalue weighted by Crippen LogP contribution is 2.27. The number of hydrogen-bond donors (Lipinski definition) is 1. The van der Waals surface area contributed by atoms with Crippen molar-refractivity contribution in [1.29, 1.82) is 0 Å². The summed E-state index contributed by atoms with van der Waals surface area (Å²) < 4.78 is 0. The van der Waals surface area contributed by atoms with Gasteiger partial charge in [0.1, 0.15) is 0 Å². The van der Waals surface area contributed by atoms with Crippen molar-refractivity contribution in [3.05, 3.63) is 33.5 Å². The van der Waals surface area contributed by atoms with Crippen LogP contribution in [0, 0.1) is 13.8 Å². The maximum atomic E-state index is 6.03. The first-order valence-corrected chi connectivity index (χ1v) is 5.29. The quantitative estimate of drug-likeness (QED) is 0.736. The van der Waals surface area contributed by atoms with E-state index in [2.05, 4.69) is 26.5 Å². The molecule has 1 unspecified atom stereocenters. The van der Waals surface area contributed by atoms with Crippen LogP contribution in [0.4, 0.5) is 0 Å². The Bertz CT molecular complexity index is 292. The SMILES string of the molecule is C=C(C)CC(N)c1cc(C)c(C)s1. The van der Waals surface area contributed by atoms with Gasteiger partial charge in [-0.15, -0.1) is 17.9 Å². The summed E-state index contributed by atoms with van der Waals surface area (Å²) in [4.78, 5) is 2.64. The predicted molar refractivity (Wildman–Crippen MR) is 60.2 cm³/mol. The van der Waals surface area contributed by atoms with Crippen molar-refractivity contribution < 1.29 is 0 Å². The van der Waals surface area contributed by atoms with E-state index in [1.165, 1.54) is 15.3 Å². The van der Waals surface area contributed by atoms with Gasteiger partial charge in [0.15, 0.2) is 0 Å². The fourth-order valence-electron chi connectivity index (χ4n) is 1.26. The summed E-state index contributed by atoms with van der Waals surface area (Å²) >= 11 is 1.80. The summed E-state index contributed by atoms with van der Waals surface area (Å²) in [6.45, 7) is 10.2. The first kappa shape index (κ1) is 10.5. The number of rotatable bonds is 3. The molecule has 1 rings (SSSR count). The number of aryl methyl sites for hydroxylation is 2. The van der Waals surface area contributed by atoms with Crippen molar-refractivity contribution in [3.63, 3.8) is 0 Å². The van der Waals surface area contributed by atoms with Crippen LogP contribution in [0.1, 0.15) is 34.7 Å². The topological polar surface area (TPSA) is 26.0 Å². The minimum atomic E-state index is 0.134. The molecule has 0 aliphatic carbocycles. The summed E-state index contributed by atoms with van der Waals surface area (Å²) in [6.07, 6.45) is 0.888. The highest BCUT2D eigenvalue weighted by Gasteiger charge is 2.09. The van der Waals surface area contributed by atoms with Gasteiger partial charge >= 0.3 is 0 Å². The lowest BCUT2D eigenvalue weighted by atomic mass is 10.1. The van der Waals surface area contributed by atoms with Gasteiger partial charge in [-0.05, 0) is 38.8 Å². The smallest absolute Gasteiger partial charge is 0.0427 e. The minimum Gasteiger partial charge on any atom is -0.323 e. The van der Waals surface area contributed by atoms with E-state index >= 15 is 0 Å². The van der Waals surface area contributed by atoms with E-state index in [-0.39, 0.29) is 6.04 Å². The minimum absolute atomic E-state index is 0.134. The van der Waals surface area contributed by atoms with Crippen molar-refractivity contribution in [2.24, 2.45) is 5.73 Å². The van der Waals surface area contributed by atoms with Gasteiger partial charge in [0.25, 0.3) is 0 Å². The number of nitrogens with two attached hydrogens (primary N) is 1. The molecule has 1 nitrogen and oxygen atoms in total. The van der Waals surface area contributed by atoms with Gasteiger partial charge in [-0.25, -0.2) is 0 Å². The zero-order valence-corrected chi connectivity index (χ0v) is 9.37. The molecular formula is C11H17NS. The van der Waals surface area contributed by atoms with Gasteiger partial charge < -0.3 is 5.73 Å². The van der Waals surface area contributed by atoms with E-state index in [9.17, 15) is 0 Å². The van der Waals surface area contributed by atoms with Crippen LogP contribution in [0.2, 0.25) is 0 Å². The Morgan fingerprint density at radius 3 is 2.62 bits per heavy atom. The van der Waals surface area contributed by atoms with Crippen molar-refractivity contribution in [3.8, 4) is 0 Å².